The molecule has 1 aliphatic carbocycles. The maximum absolute atomic E-state index is 13.8. The molecule has 6 heteroatoms. The Morgan fingerprint density at radius 1 is 1.35 bits per heavy atom. The average molecular weight is 297 g/mol. The summed E-state index contributed by atoms with van der Waals surface area (Å²) in [5, 5.41) is 0. The van der Waals surface area contributed by atoms with Gasteiger partial charge in [-0.2, -0.15) is 0 Å². The Kier molecular flexibility index (Phi) is 4.03. The van der Waals surface area contributed by atoms with Crippen LogP contribution in [-0.2, 0) is 0 Å². The molecule has 0 radical (unpaired) electrons. The van der Waals surface area contributed by atoms with E-state index in [2.05, 4.69) is 9.88 Å². The predicted octanol–water partition coefficient (Wildman–Crippen LogP) is 2.10. The lowest BCUT2D eigenvalue weighted by atomic mass is 10.1. The normalized spacial score (nSPS) is 28.0. The molecule has 2 fully saturated rings. The number of carbonyl (C=O) groups is 1. The van der Waals surface area contributed by atoms with Gasteiger partial charge in [0, 0.05) is 32.2 Å². The van der Waals surface area contributed by atoms with Gasteiger partial charge in [-0.05, 0) is 26.2 Å². The summed E-state index contributed by atoms with van der Waals surface area (Å²) in [5.74, 6) is 0.0767. The SMILES string of the molecule is Cc1ncsc1C(=O)N1CCN(C2CCCC2F)CC1. The van der Waals surface area contributed by atoms with E-state index in [1.807, 2.05) is 11.8 Å². The zero-order valence-corrected chi connectivity index (χ0v) is 12.5. The van der Waals surface area contributed by atoms with E-state index in [-0.39, 0.29) is 11.9 Å². The molecule has 2 unspecified atom stereocenters. The number of rotatable bonds is 2. The monoisotopic (exact) mass is 297 g/mol. The van der Waals surface area contributed by atoms with Crippen LogP contribution in [0.4, 0.5) is 4.39 Å². The number of halogens is 1. The number of alkyl halides is 1. The summed E-state index contributed by atoms with van der Waals surface area (Å²) in [5.41, 5.74) is 2.52. The molecule has 2 atom stereocenters. The lowest BCUT2D eigenvalue weighted by Crippen LogP contribution is -2.53. The molecule has 2 aliphatic rings. The minimum Gasteiger partial charge on any atom is -0.335 e. The summed E-state index contributed by atoms with van der Waals surface area (Å²) < 4.78 is 13.8. The topological polar surface area (TPSA) is 36.4 Å². The van der Waals surface area contributed by atoms with Gasteiger partial charge in [-0.25, -0.2) is 9.37 Å². The van der Waals surface area contributed by atoms with Crippen LogP contribution in [0.15, 0.2) is 5.51 Å². The summed E-state index contributed by atoms with van der Waals surface area (Å²) in [6, 6.07) is 0.0809. The fraction of sp³-hybridized carbons (Fsp3) is 0.714. The first-order valence-electron chi connectivity index (χ1n) is 7.24. The van der Waals surface area contributed by atoms with Crippen molar-refractivity contribution < 1.29 is 9.18 Å². The standard InChI is InChI=1S/C14H20FN3OS/c1-10-13(20-9-16-10)14(19)18-7-5-17(6-8-18)12-4-2-3-11(12)15/h9,11-12H,2-8H2,1H3. The van der Waals surface area contributed by atoms with Crippen LogP contribution in [0.1, 0.15) is 34.6 Å². The summed E-state index contributed by atoms with van der Waals surface area (Å²) in [6.45, 7) is 4.83. The number of amides is 1. The molecule has 1 saturated carbocycles. The molecule has 0 N–H and O–H groups in total. The molecular formula is C14H20FN3OS. The van der Waals surface area contributed by atoms with E-state index in [1.54, 1.807) is 5.51 Å². The van der Waals surface area contributed by atoms with E-state index in [1.165, 1.54) is 11.3 Å². The number of thiazole rings is 1. The van der Waals surface area contributed by atoms with Crippen LogP contribution < -0.4 is 0 Å². The van der Waals surface area contributed by atoms with Gasteiger partial charge in [0.15, 0.2) is 0 Å². The summed E-state index contributed by atoms with van der Waals surface area (Å²) in [7, 11) is 0. The first kappa shape index (κ1) is 13.9. The number of nitrogens with zero attached hydrogens (tertiary/aromatic N) is 3. The number of hydrogen-bond donors (Lipinski definition) is 0. The summed E-state index contributed by atoms with van der Waals surface area (Å²) in [6.07, 6.45) is 1.97. The van der Waals surface area contributed by atoms with Gasteiger partial charge < -0.3 is 4.90 Å². The highest BCUT2D eigenvalue weighted by Gasteiger charge is 2.34. The highest BCUT2D eigenvalue weighted by atomic mass is 32.1. The second kappa shape index (κ2) is 5.77. The Labute approximate surface area is 122 Å². The van der Waals surface area contributed by atoms with Gasteiger partial charge in [-0.15, -0.1) is 11.3 Å². The third kappa shape index (κ3) is 2.59. The largest absolute Gasteiger partial charge is 0.335 e. The smallest absolute Gasteiger partial charge is 0.265 e. The second-order valence-electron chi connectivity index (χ2n) is 5.61. The number of piperazine rings is 1. The minimum absolute atomic E-state index is 0.0767. The van der Waals surface area contributed by atoms with E-state index in [9.17, 15) is 9.18 Å². The lowest BCUT2D eigenvalue weighted by molar-refractivity contribution is 0.0491. The molecule has 4 nitrogen and oxygen atoms in total. The molecule has 1 aliphatic heterocycles. The summed E-state index contributed by atoms with van der Waals surface area (Å²) >= 11 is 1.40. The van der Waals surface area contributed by atoms with Gasteiger partial charge in [0.1, 0.15) is 11.0 Å². The second-order valence-corrected chi connectivity index (χ2v) is 6.46. The predicted molar refractivity (Wildman–Crippen MR) is 76.9 cm³/mol. The number of hydrogen-bond acceptors (Lipinski definition) is 4. The maximum atomic E-state index is 13.8. The quantitative estimate of drug-likeness (QED) is 0.839. The lowest BCUT2D eigenvalue weighted by Gasteiger charge is -2.38. The van der Waals surface area contributed by atoms with Crippen molar-refractivity contribution in [2.45, 2.75) is 38.4 Å². The van der Waals surface area contributed by atoms with Gasteiger partial charge in [0.05, 0.1) is 11.2 Å². The molecule has 1 aromatic heterocycles. The maximum Gasteiger partial charge on any atom is 0.265 e. The van der Waals surface area contributed by atoms with Crippen LogP contribution in [0.2, 0.25) is 0 Å². The van der Waals surface area contributed by atoms with Crippen LogP contribution in [0, 0.1) is 6.92 Å². The Morgan fingerprint density at radius 3 is 2.65 bits per heavy atom. The van der Waals surface area contributed by atoms with E-state index in [0.29, 0.717) is 19.5 Å². The minimum atomic E-state index is -0.680. The number of aromatic nitrogens is 1. The number of aryl methyl sites for hydroxylation is 1. The van der Waals surface area contributed by atoms with Crippen molar-refractivity contribution in [3.05, 3.63) is 16.1 Å². The Hall–Kier alpha value is -1.01. The van der Waals surface area contributed by atoms with E-state index >= 15 is 0 Å². The Balaban J connectivity index is 1.58. The van der Waals surface area contributed by atoms with Gasteiger partial charge in [0.2, 0.25) is 0 Å². The summed E-state index contributed by atoms with van der Waals surface area (Å²) in [4.78, 5) is 21.3. The molecule has 110 valence electrons. The first-order valence-corrected chi connectivity index (χ1v) is 8.12. The first-order chi connectivity index (χ1) is 9.66. The third-order valence-electron chi connectivity index (χ3n) is 4.41. The molecule has 2 heterocycles. The van der Waals surface area contributed by atoms with Crippen LogP contribution in [0.3, 0.4) is 0 Å². The van der Waals surface area contributed by atoms with Crippen molar-refractivity contribution in [3.63, 3.8) is 0 Å². The third-order valence-corrected chi connectivity index (χ3v) is 5.32. The average Bonchev–Trinajstić information content (AvgIpc) is 3.07. The zero-order valence-electron chi connectivity index (χ0n) is 11.7. The molecule has 3 rings (SSSR count). The highest BCUT2D eigenvalue weighted by Crippen LogP contribution is 2.28. The molecule has 1 amide bonds. The van der Waals surface area contributed by atoms with Crippen LogP contribution in [0.5, 0.6) is 0 Å². The molecule has 20 heavy (non-hydrogen) atoms. The van der Waals surface area contributed by atoms with Crippen molar-refractivity contribution in [2.24, 2.45) is 0 Å². The van der Waals surface area contributed by atoms with Crippen molar-refractivity contribution in [1.29, 1.82) is 0 Å². The van der Waals surface area contributed by atoms with Gasteiger partial charge in [-0.1, -0.05) is 0 Å². The van der Waals surface area contributed by atoms with Crippen LogP contribution >= 0.6 is 11.3 Å². The Morgan fingerprint density at radius 2 is 2.10 bits per heavy atom. The Bertz CT molecular complexity index is 485. The van der Waals surface area contributed by atoms with Crippen LogP contribution in [-0.4, -0.2) is 59.1 Å². The molecular weight excluding hydrogens is 277 g/mol. The van der Waals surface area contributed by atoms with Gasteiger partial charge >= 0.3 is 0 Å². The molecule has 0 aromatic carbocycles. The highest BCUT2D eigenvalue weighted by molar-refractivity contribution is 7.11. The molecule has 1 saturated heterocycles. The molecule has 0 bridgehead atoms. The van der Waals surface area contributed by atoms with Crippen molar-refractivity contribution >= 4 is 17.2 Å². The van der Waals surface area contributed by atoms with Crippen molar-refractivity contribution in [3.8, 4) is 0 Å². The van der Waals surface area contributed by atoms with Gasteiger partial charge in [0.25, 0.3) is 5.91 Å². The van der Waals surface area contributed by atoms with Crippen LogP contribution in [0.25, 0.3) is 0 Å². The van der Waals surface area contributed by atoms with Gasteiger partial charge in [-0.3, -0.25) is 9.69 Å². The van der Waals surface area contributed by atoms with E-state index in [0.717, 1.165) is 36.5 Å². The van der Waals surface area contributed by atoms with E-state index < -0.39 is 6.17 Å². The number of carbonyl (C=O) groups excluding carboxylic acids is 1. The van der Waals surface area contributed by atoms with Crippen molar-refractivity contribution in [2.75, 3.05) is 26.2 Å². The fourth-order valence-corrected chi connectivity index (χ4v) is 3.98. The fourth-order valence-electron chi connectivity index (χ4n) is 3.21. The zero-order chi connectivity index (χ0) is 14.1. The molecule has 0 spiro atoms. The van der Waals surface area contributed by atoms with Crippen molar-refractivity contribution in [1.82, 2.24) is 14.8 Å². The molecule has 1 aromatic rings. The van der Waals surface area contributed by atoms with E-state index in [4.69, 9.17) is 0 Å².